The fraction of sp³-hybridized carbons (Fsp3) is 0.413. The lowest BCUT2D eigenvalue weighted by Crippen LogP contribution is -2.54. The molecule has 0 bridgehead atoms. The molecule has 8 heterocycles. The van der Waals surface area contributed by atoms with E-state index in [1.54, 1.807) is 37.5 Å². The Labute approximate surface area is 853 Å². The number of rotatable bonds is 58. The molecular formula is C109H130N22O16. The number of aryl methyl sites for hydroxylation is 2. The zero-order valence-electron chi connectivity index (χ0n) is 83.9. The maximum atomic E-state index is 14.3. The molecule has 4 aliphatic rings. The first-order valence-electron chi connectivity index (χ1n) is 50.6. The molecule has 2 fully saturated rings. The summed E-state index contributed by atoms with van der Waals surface area (Å²) < 4.78 is 49.0. The summed E-state index contributed by atoms with van der Waals surface area (Å²) in [5, 5.41) is 28.7. The normalized spacial score (nSPS) is 14.3. The highest BCUT2D eigenvalue weighted by Crippen LogP contribution is 2.38. The van der Waals surface area contributed by atoms with E-state index < -0.39 is 18.0 Å². The summed E-state index contributed by atoms with van der Waals surface area (Å²) in [7, 11) is 7.89. The molecule has 8 amide bonds. The number of primary amides is 1. The molecule has 4 aromatic heterocycles. The maximum Gasteiger partial charge on any atom is 0.251 e. The van der Waals surface area contributed by atoms with Crippen LogP contribution in [0.4, 0.5) is 11.4 Å². The minimum atomic E-state index is -0.782. The molecule has 0 radical (unpaired) electrons. The van der Waals surface area contributed by atoms with Gasteiger partial charge in [0.15, 0.2) is 0 Å². The summed E-state index contributed by atoms with van der Waals surface area (Å²) in [6, 6.07) is 53.5. The number of imidazole rings is 2. The van der Waals surface area contributed by atoms with Crippen molar-refractivity contribution in [2.24, 2.45) is 15.7 Å². The van der Waals surface area contributed by atoms with E-state index >= 15 is 0 Å². The Bertz CT molecular complexity index is 6540. The van der Waals surface area contributed by atoms with Crippen molar-refractivity contribution in [1.29, 1.82) is 0 Å². The van der Waals surface area contributed by atoms with Crippen LogP contribution in [-0.2, 0) is 96.2 Å². The number of ether oxygens (including phenoxy) is 8. The predicted octanol–water partition coefficient (Wildman–Crippen LogP) is 10.2. The third-order valence-electron chi connectivity index (χ3n) is 25.9. The van der Waals surface area contributed by atoms with E-state index in [2.05, 4.69) is 106 Å². The summed E-state index contributed by atoms with van der Waals surface area (Å²) in [4.78, 5) is 141. The quantitative estimate of drug-likeness (QED) is 0.0174. The van der Waals surface area contributed by atoms with E-state index in [9.17, 15) is 38.4 Å². The van der Waals surface area contributed by atoms with Crippen molar-refractivity contribution in [1.82, 2.24) is 95.7 Å². The summed E-state index contributed by atoms with van der Waals surface area (Å²) in [5.41, 5.74) is 26.7. The molecule has 2 saturated heterocycles. The smallest absolute Gasteiger partial charge is 0.251 e. The fourth-order valence-corrected chi connectivity index (χ4v) is 18.1. The van der Waals surface area contributed by atoms with Crippen LogP contribution in [0.25, 0.3) is 67.1 Å². The molecule has 147 heavy (non-hydrogen) atoms. The zero-order valence-corrected chi connectivity index (χ0v) is 83.9. The number of nitrogens with two attached hydrogens (primary N) is 1. The highest BCUT2D eigenvalue weighted by atomic mass is 16.6. The minimum Gasteiger partial charge on any atom is -0.377 e. The molecule has 772 valence electrons. The summed E-state index contributed by atoms with van der Waals surface area (Å²) >= 11 is 0. The van der Waals surface area contributed by atoms with Crippen LogP contribution in [0, 0.1) is 0 Å². The molecule has 2 atom stereocenters. The molecule has 0 aliphatic carbocycles. The van der Waals surface area contributed by atoms with Crippen LogP contribution in [0.3, 0.4) is 0 Å². The Morgan fingerprint density at radius 1 is 0.401 bits per heavy atom. The Balaban J connectivity index is 0.351. The van der Waals surface area contributed by atoms with Gasteiger partial charge in [0.2, 0.25) is 23.6 Å². The van der Waals surface area contributed by atoms with Gasteiger partial charge in [0.25, 0.3) is 23.6 Å². The second-order valence-electron chi connectivity index (χ2n) is 37.3. The van der Waals surface area contributed by atoms with Crippen molar-refractivity contribution in [3.8, 4) is 45.0 Å². The second kappa shape index (κ2) is 53.2. The Morgan fingerprint density at radius 3 is 1.22 bits per heavy atom. The van der Waals surface area contributed by atoms with Gasteiger partial charge in [-0.1, -0.05) is 89.6 Å². The van der Waals surface area contributed by atoms with Gasteiger partial charge >= 0.3 is 0 Å². The molecule has 4 aliphatic heterocycles. The van der Waals surface area contributed by atoms with E-state index in [1.807, 2.05) is 147 Å². The monoisotopic (exact) mass is 2000 g/mol. The van der Waals surface area contributed by atoms with Gasteiger partial charge in [-0.15, -0.1) is 10.2 Å². The number of likely N-dealkylation sites (N-methyl/N-ethyl adjacent to an activating group) is 2. The van der Waals surface area contributed by atoms with Gasteiger partial charge in [-0.05, 0) is 215 Å². The van der Waals surface area contributed by atoms with E-state index in [4.69, 9.17) is 63.6 Å². The summed E-state index contributed by atoms with van der Waals surface area (Å²) in [6.45, 7) is 10.5. The van der Waals surface area contributed by atoms with E-state index in [0.29, 0.717) is 236 Å². The van der Waals surface area contributed by atoms with Crippen LogP contribution in [0.2, 0.25) is 0 Å². The van der Waals surface area contributed by atoms with Gasteiger partial charge in [-0.25, -0.2) is 9.97 Å². The van der Waals surface area contributed by atoms with Crippen LogP contribution in [0.5, 0.6) is 0 Å². The lowest BCUT2D eigenvalue weighted by Gasteiger charge is -2.33. The number of aromatic nitrogens is 10. The number of nitrogens with one attached hydrogen (secondary N) is 6. The zero-order chi connectivity index (χ0) is 102. The number of nitrogens with zero attached hydrogens (tertiary/aromatic N) is 15. The number of aliphatic imine (C=N–C) groups is 2. The van der Waals surface area contributed by atoms with E-state index in [1.165, 1.54) is 4.90 Å². The van der Waals surface area contributed by atoms with Gasteiger partial charge in [0, 0.05) is 125 Å². The number of hydrogen-bond acceptors (Lipinski definition) is 26. The van der Waals surface area contributed by atoms with E-state index in [0.717, 1.165) is 132 Å². The van der Waals surface area contributed by atoms with Crippen molar-refractivity contribution in [2.75, 3.05) is 186 Å². The molecule has 12 aromatic rings. The summed E-state index contributed by atoms with van der Waals surface area (Å²) in [6.07, 6.45) is 10.0. The molecule has 1 unspecified atom stereocenters. The number of fused-ring (bicyclic) bond motifs is 4. The summed E-state index contributed by atoms with van der Waals surface area (Å²) in [5.74, 6) is -0.537. The number of H-pyrrole nitrogens is 2. The molecule has 8 N–H and O–H groups in total. The average molecular weight is 2000 g/mol. The molecule has 0 saturated carbocycles. The van der Waals surface area contributed by atoms with Gasteiger partial charge in [0.1, 0.15) is 35.1 Å². The highest BCUT2D eigenvalue weighted by molar-refractivity contribution is 6.09. The first kappa shape index (κ1) is 105. The maximum absolute atomic E-state index is 14.3. The Kier molecular flexibility index (Phi) is 38.1. The molecule has 38 heteroatoms. The second-order valence-corrected chi connectivity index (χ2v) is 37.3. The highest BCUT2D eigenvalue weighted by Gasteiger charge is 2.43. The van der Waals surface area contributed by atoms with Crippen molar-refractivity contribution in [3.05, 3.63) is 238 Å². The van der Waals surface area contributed by atoms with Crippen LogP contribution in [0.15, 0.2) is 192 Å². The fourth-order valence-electron chi connectivity index (χ4n) is 18.1. The van der Waals surface area contributed by atoms with Crippen molar-refractivity contribution >= 4 is 92.1 Å². The number of benzene rings is 8. The third kappa shape index (κ3) is 30.0. The first-order valence-corrected chi connectivity index (χ1v) is 50.6. The number of unbranched alkanes of at least 4 members (excludes halogenated alkanes) is 2. The average Bonchev–Trinajstić information content (AvgIpc) is 1.64. The SMILES string of the molecule is CN(C)CCNC(=O)c1ccc(C2=Nc3ccc(-c4ccc5nc(-c6ccc(C(=O)NCCOCCOCCOCCOCc7cn(CCCCCC(=O)N8CCCC8C(=O)N8CCC[C@H]8C(=O)N(CCCn8cc(COCCOCCOCCOCCNC(=O)c9ccc(C%10=Nc%11ccc(-c%12ccc%13nc(-c%14ccc(C(=O)NCCN(C)C)cc%14)[nH]c%13c%12)cc%11C%10)cc9)nn8)CC(N)=O)nn7)cc6)[nH]c5c4)cc3C2)cc1. The Hall–Kier alpha value is -14.3. The molecule has 8 aromatic carbocycles. The van der Waals surface area contributed by atoms with Crippen molar-refractivity contribution in [2.45, 2.75) is 109 Å². The third-order valence-corrected chi connectivity index (χ3v) is 25.9. The molecular weight excluding hydrogens is 1870 g/mol. The van der Waals surface area contributed by atoms with Crippen LogP contribution in [-0.4, -0.2) is 331 Å². The van der Waals surface area contributed by atoms with Gasteiger partial charge in [0.05, 0.1) is 170 Å². The van der Waals surface area contributed by atoms with Crippen LogP contribution >= 0.6 is 0 Å². The van der Waals surface area contributed by atoms with Gasteiger partial charge in [-0.2, -0.15) is 0 Å². The number of likely N-dealkylation sites (tertiary alicyclic amines) is 2. The number of aromatic amines is 2. The molecule has 0 spiro atoms. The molecule has 38 nitrogen and oxygen atoms in total. The van der Waals surface area contributed by atoms with E-state index in [-0.39, 0.29) is 74.1 Å². The largest absolute Gasteiger partial charge is 0.377 e. The number of carbonyl (C=O) groups excluding carboxylic acids is 8. The van der Waals surface area contributed by atoms with Gasteiger partial charge < -0.3 is 99.4 Å². The number of carbonyl (C=O) groups is 8. The van der Waals surface area contributed by atoms with Crippen molar-refractivity contribution < 1.29 is 76.3 Å². The first-order chi connectivity index (χ1) is 71.7. The van der Waals surface area contributed by atoms with Crippen LogP contribution in [0.1, 0.15) is 133 Å². The minimum absolute atomic E-state index is 0.0888. The molecule has 16 rings (SSSR count). The Morgan fingerprint density at radius 2 is 0.782 bits per heavy atom. The lowest BCUT2D eigenvalue weighted by atomic mass is 9.98. The van der Waals surface area contributed by atoms with Gasteiger partial charge in [-0.3, -0.25) is 57.7 Å². The number of amides is 8. The predicted molar refractivity (Wildman–Crippen MR) is 556 cm³/mol. The van der Waals surface area contributed by atoms with Crippen LogP contribution < -0.4 is 27.0 Å². The number of hydrogen-bond donors (Lipinski definition) is 7. The topological polar surface area (TPSA) is 444 Å². The lowest BCUT2D eigenvalue weighted by molar-refractivity contribution is -0.149. The standard InChI is InChI=1S/C109H130N22O16/c1-125(2)47-38-111-104(134)78-22-14-74(15-23-78)94-67-86-63-82(30-34-90(86)115-94)85-33-37-93-97(66-85)120-103(118-93)77-20-28-81(29-21-77)107(137)114-41-50-141-52-54-143-55-57-144-59-61-146-72-88-69-128(123-121-88)43-7-5-6-13-101(133)130-45-8-12-99(130)109(139)131-46-9-11-98(131)108(138)127(71-100(110)132)42-10-44-129-70-89(122-124-129)73-147-62-60-145-58-56-142-53-51-140-49-40-113-106(136)79-24-16-75(17-25-79)95-68-87-64-83(31-35-91(87)116-95)84-32-36-92-96(65-84)119-102(117-92)76-18-26-80(27-19-76)105(135)112-39-48-126(3)4/h14-37,63-66,69-70,98-99H,5-13,38-62,67-68,71-73H2,1-4H3,(H2,110,132)(H,111,134)(H,112,135)(H,113,136)(H,114,137)(H,117,119)(H,118,120)/t98-,99?/m0/s1. The van der Waals surface area contributed by atoms with Crippen molar-refractivity contribution in [3.63, 3.8) is 0 Å².